The molecule has 0 saturated heterocycles. The van der Waals surface area contributed by atoms with Crippen LogP contribution in [0.25, 0.3) is 22.5 Å². The van der Waals surface area contributed by atoms with E-state index in [9.17, 15) is 9.59 Å². The molecule has 0 unspecified atom stereocenters. The quantitative estimate of drug-likeness (QED) is 0.235. The number of nitrogens with one attached hydrogen (secondary N) is 2. The number of rotatable bonds is 10. The summed E-state index contributed by atoms with van der Waals surface area (Å²) >= 11 is 0. The topological polar surface area (TPSA) is 166 Å². The Bertz CT molecular complexity index is 1410. The first-order chi connectivity index (χ1) is 19.5. The first-order valence-electron chi connectivity index (χ1n) is 13.7. The highest BCUT2D eigenvalue weighted by Crippen LogP contribution is 2.31. The second-order valence-electron chi connectivity index (χ2n) is 10.5. The van der Waals surface area contributed by atoms with E-state index in [4.69, 9.17) is 11.5 Å². The molecule has 1 atom stereocenters. The first-order valence-corrected chi connectivity index (χ1v) is 13.7. The molecule has 10 nitrogen and oxygen atoms in total. The van der Waals surface area contributed by atoms with Crippen LogP contribution in [-0.2, 0) is 16.0 Å². The fourth-order valence-corrected chi connectivity index (χ4v) is 5.35. The van der Waals surface area contributed by atoms with E-state index in [1.54, 1.807) is 24.5 Å². The number of amides is 1. The predicted molar refractivity (Wildman–Crippen MR) is 154 cm³/mol. The fraction of sp³-hybridized carbons (Fsp3) is 0.333. The van der Waals surface area contributed by atoms with Crippen LogP contribution in [0.15, 0.2) is 67.0 Å². The zero-order chi connectivity index (χ0) is 27.9. The highest BCUT2D eigenvalue weighted by Gasteiger charge is 2.30. The summed E-state index contributed by atoms with van der Waals surface area (Å²) in [5, 5.41) is 17.0. The Morgan fingerprint density at radius 2 is 1.68 bits per heavy atom. The third-order valence-corrected chi connectivity index (χ3v) is 7.74. The molecule has 0 aliphatic heterocycles. The van der Waals surface area contributed by atoms with E-state index >= 15 is 0 Å². The zero-order valence-corrected chi connectivity index (χ0v) is 22.3. The number of nitrogens with zero attached hydrogens (tertiary/aromatic N) is 4. The normalized spacial score (nSPS) is 17.7. The Labute approximate surface area is 233 Å². The summed E-state index contributed by atoms with van der Waals surface area (Å²) in [6, 6.07) is 17.1. The number of carbonyl (C=O) groups excluding carboxylic acids is 2. The molecule has 4 aromatic rings. The average Bonchev–Trinajstić information content (AvgIpc) is 3.53. The largest absolute Gasteiger partial charge is 0.397 e. The van der Waals surface area contributed by atoms with Gasteiger partial charge in [-0.2, -0.15) is 5.21 Å². The van der Waals surface area contributed by atoms with Crippen molar-refractivity contribution in [3.05, 3.63) is 72.6 Å². The number of H-pyrrole nitrogens is 1. The van der Waals surface area contributed by atoms with Gasteiger partial charge in [-0.15, -0.1) is 10.2 Å². The SMILES string of the molecule is NCC1CCC(C(=O)C[C@@H](Cc2ccc(-c3cncc(N)c3)cc2)C(=O)Nc2ccc(-c3nn[nH]n3)cc2)CC1. The number of aromatic amines is 1. The Hall–Kier alpha value is -4.44. The maximum absolute atomic E-state index is 13.5. The number of hydrogen-bond donors (Lipinski definition) is 4. The minimum absolute atomic E-state index is 0.00856. The standard InChI is InChI=1S/C30H34N8O2/c31-16-20-3-7-22(8-4-20)28(39)15-24(13-19-1-5-21(6-2-19)25-14-26(32)18-33-17-25)30(40)34-27-11-9-23(10-12-27)29-35-37-38-36-29/h1-2,5-6,9-12,14,17-18,20,22,24H,3-4,7-8,13,15-16,31-32H2,(H,34,40)(H,35,36,37,38)/t20?,22?,24-/m1/s1. The number of ketones is 1. The number of hydrogen-bond acceptors (Lipinski definition) is 8. The van der Waals surface area contributed by atoms with E-state index in [1.165, 1.54) is 0 Å². The van der Waals surface area contributed by atoms with E-state index < -0.39 is 5.92 Å². The maximum Gasteiger partial charge on any atom is 0.228 e. The number of aromatic nitrogens is 5. The maximum atomic E-state index is 13.5. The highest BCUT2D eigenvalue weighted by molar-refractivity contribution is 5.96. The van der Waals surface area contributed by atoms with Crippen molar-refractivity contribution >= 4 is 23.1 Å². The van der Waals surface area contributed by atoms with Crippen molar-refractivity contribution in [2.24, 2.45) is 23.5 Å². The van der Waals surface area contributed by atoms with Gasteiger partial charge in [-0.25, -0.2) is 0 Å². The summed E-state index contributed by atoms with van der Waals surface area (Å²) in [7, 11) is 0. The van der Waals surface area contributed by atoms with E-state index in [0.717, 1.165) is 47.9 Å². The summed E-state index contributed by atoms with van der Waals surface area (Å²) < 4.78 is 0. The molecule has 2 heterocycles. The number of benzene rings is 2. The van der Waals surface area contributed by atoms with Crippen molar-refractivity contribution in [3.63, 3.8) is 0 Å². The van der Waals surface area contributed by atoms with Crippen LogP contribution in [0, 0.1) is 17.8 Å². The van der Waals surface area contributed by atoms with Crippen molar-refractivity contribution in [2.75, 3.05) is 17.6 Å². The van der Waals surface area contributed by atoms with Crippen molar-refractivity contribution in [1.82, 2.24) is 25.6 Å². The molecule has 2 aromatic heterocycles. The number of Topliss-reactive ketones (excluding diaryl/α,β-unsaturated/α-hetero) is 1. The molecule has 40 heavy (non-hydrogen) atoms. The molecule has 6 N–H and O–H groups in total. The molecule has 1 aliphatic carbocycles. The Morgan fingerprint density at radius 1 is 0.950 bits per heavy atom. The number of nitrogen functional groups attached to an aromatic ring is 1. The van der Waals surface area contributed by atoms with Crippen molar-refractivity contribution < 1.29 is 9.59 Å². The van der Waals surface area contributed by atoms with E-state index in [2.05, 4.69) is 30.9 Å². The molecule has 1 aliphatic rings. The van der Waals surface area contributed by atoms with E-state index in [-0.39, 0.29) is 24.0 Å². The van der Waals surface area contributed by atoms with Crippen LogP contribution in [-0.4, -0.2) is 43.8 Å². The van der Waals surface area contributed by atoms with Gasteiger partial charge in [0, 0.05) is 47.5 Å². The average molecular weight is 539 g/mol. The van der Waals surface area contributed by atoms with Crippen LogP contribution in [0.1, 0.15) is 37.7 Å². The van der Waals surface area contributed by atoms with Crippen LogP contribution in [0.3, 0.4) is 0 Å². The van der Waals surface area contributed by atoms with Crippen molar-refractivity contribution in [3.8, 4) is 22.5 Å². The molecular formula is C30H34N8O2. The number of tetrazole rings is 1. The Morgan fingerprint density at radius 3 is 2.33 bits per heavy atom. The molecule has 0 bridgehead atoms. The van der Waals surface area contributed by atoms with Gasteiger partial charge in [-0.1, -0.05) is 24.3 Å². The molecule has 2 aromatic carbocycles. The molecule has 1 saturated carbocycles. The number of anilines is 2. The minimum atomic E-state index is -0.503. The van der Waals surface area contributed by atoms with Gasteiger partial charge >= 0.3 is 0 Å². The van der Waals surface area contributed by atoms with Gasteiger partial charge in [0.25, 0.3) is 0 Å². The smallest absolute Gasteiger partial charge is 0.228 e. The second-order valence-corrected chi connectivity index (χ2v) is 10.5. The summed E-state index contributed by atoms with van der Waals surface area (Å²) in [6.45, 7) is 0.666. The predicted octanol–water partition coefficient (Wildman–Crippen LogP) is 4.03. The van der Waals surface area contributed by atoms with Crippen LogP contribution < -0.4 is 16.8 Å². The Kier molecular flexibility index (Phi) is 8.56. The molecule has 5 rings (SSSR count). The second kappa shape index (κ2) is 12.6. The van der Waals surface area contributed by atoms with Crippen molar-refractivity contribution in [2.45, 2.75) is 38.5 Å². The molecule has 206 valence electrons. The third-order valence-electron chi connectivity index (χ3n) is 7.74. The summed E-state index contributed by atoms with van der Waals surface area (Å²) in [5.41, 5.74) is 16.6. The molecule has 0 radical (unpaired) electrons. The van der Waals surface area contributed by atoms with Gasteiger partial charge < -0.3 is 16.8 Å². The van der Waals surface area contributed by atoms with Gasteiger partial charge in [-0.3, -0.25) is 14.6 Å². The van der Waals surface area contributed by atoms with Crippen molar-refractivity contribution in [1.29, 1.82) is 0 Å². The number of nitrogens with two attached hydrogens (primary N) is 2. The molecule has 1 fully saturated rings. The number of carbonyl (C=O) groups is 2. The molecule has 10 heteroatoms. The van der Waals surface area contributed by atoms with Crippen LogP contribution >= 0.6 is 0 Å². The molecule has 0 spiro atoms. The third kappa shape index (κ3) is 6.76. The minimum Gasteiger partial charge on any atom is -0.397 e. The summed E-state index contributed by atoms with van der Waals surface area (Å²) in [6.07, 6.45) is 7.65. The Balaban J connectivity index is 1.30. The van der Waals surface area contributed by atoms with Gasteiger partial charge in [0.2, 0.25) is 11.7 Å². The molecular weight excluding hydrogens is 504 g/mol. The van der Waals surface area contributed by atoms with Crippen LogP contribution in [0.2, 0.25) is 0 Å². The zero-order valence-electron chi connectivity index (χ0n) is 22.3. The lowest BCUT2D eigenvalue weighted by molar-refractivity contribution is -0.129. The van der Waals surface area contributed by atoms with Gasteiger partial charge in [0.15, 0.2) is 0 Å². The van der Waals surface area contributed by atoms with Gasteiger partial charge in [0.05, 0.1) is 5.69 Å². The number of pyridine rings is 1. The van der Waals surface area contributed by atoms with Crippen LogP contribution in [0.5, 0.6) is 0 Å². The van der Waals surface area contributed by atoms with Gasteiger partial charge in [0.1, 0.15) is 5.78 Å². The lowest BCUT2D eigenvalue weighted by Gasteiger charge is -2.27. The summed E-state index contributed by atoms with van der Waals surface area (Å²) in [5.74, 6) is 0.434. The van der Waals surface area contributed by atoms with Gasteiger partial charge in [-0.05, 0) is 91.2 Å². The summed E-state index contributed by atoms with van der Waals surface area (Å²) in [4.78, 5) is 31.0. The lowest BCUT2D eigenvalue weighted by Crippen LogP contribution is -2.31. The van der Waals surface area contributed by atoms with Crippen LogP contribution in [0.4, 0.5) is 11.4 Å². The lowest BCUT2D eigenvalue weighted by atomic mass is 9.77. The van der Waals surface area contributed by atoms with E-state index in [0.29, 0.717) is 36.1 Å². The van der Waals surface area contributed by atoms with E-state index in [1.807, 2.05) is 42.5 Å². The molecule has 1 amide bonds. The first kappa shape index (κ1) is 27.1. The monoisotopic (exact) mass is 538 g/mol. The fourth-order valence-electron chi connectivity index (χ4n) is 5.35. The highest BCUT2D eigenvalue weighted by atomic mass is 16.2.